The van der Waals surface area contributed by atoms with Crippen LogP contribution in [0.1, 0.15) is 24.0 Å². The second kappa shape index (κ2) is 6.12. The summed E-state index contributed by atoms with van der Waals surface area (Å²) in [6.07, 6.45) is 3.24. The van der Waals surface area contributed by atoms with Crippen LogP contribution in [0.2, 0.25) is 0 Å². The van der Waals surface area contributed by atoms with Gasteiger partial charge in [-0.2, -0.15) is 0 Å². The highest BCUT2D eigenvalue weighted by Crippen LogP contribution is 2.19. The van der Waals surface area contributed by atoms with Gasteiger partial charge in [-0.3, -0.25) is 0 Å². The van der Waals surface area contributed by atoms with Crippen molar-refractivity contribution < 1.29 is 9.13 Å². The molecule has 0 aliphatic carbocycles. The van der Waals surface area contributed by atoms with Crippen LogP contribution in [-0.4, -0.2) is 20.2 Å². The predicted molar refractivity (Wildman–Crippen MR) is 66.4 cm³/mol. The van der Waals surface area contributed by atoms with Gasteiger partial charge in [-0.05, 0) is 55.5 Å². The van der Waals surface area contributed by atoms with Crippen molar-refractivity contribution in [1.29, 1.82) is 0 Å². The molecule has 1 atom stereocenters. The van der Waals surface area contributed by atoms with Crippen LogP contribution in [0.15, 0.2) is 18.2 Å². The Labute approximate surface area is 102 Å². The van der Waals surface area contributed by atoms with E-state index in [0.717, 1.165) is 30.6 Å². The third-order valence-corrected chi connectivity index (χ3v) is 3.34. The van der Waals surface area contributed by atoms with Gasteiger partial charge in [0.1, 0.15) is 5.82 Å². The zero-order chi connectivity index (χ0) is 12.1. The van der Waals surface area contributed by atoms with Crippen LogP contribution in [0.25, 0.3) is 0 Å². The quantitative estimate of drug-likeness (QED) is 0.868. The minimum Gasteiger partial charge on any atom is -0.380 e. The lowest BCUT2D eigenvalue weighted by Crippen LogP contribution is -2.31. The Bertz CT molecular complexity index is 361. The maximum atomic E-state index is 13.9. The largest absolute Gasteiger partial charge is 0.380 e. The van der Waals surface area contributed by atoms with Crippen LogP contribution < -0.4 is 5.32 Å². The summed E-state index contributed by atoms with van der Waals surface area (Å²) in [6, 6.07) is 5.45. The smallest absolute Gasteiger partial charge is 0.126 e. The Kier molecular flexibility index (Phi) is 4.51. The monoisotopic (exact) mass is 237 g/mol. The lowest BCUT2D eigenvalue weighted by Gasteiger charge is -2.22. The molecule has 1 aliphatic rings. The first-order valence-corrected chi connectivity index (χ1v) is 6.26. The van der Waals surface area contributed by atoms with Crippen LogP contribution in [-0.2, 0) is 17.8 Å². The maximum absolute atomic E-state index is 13.9. The van der Waals surface area contributed by atoms with E-state index in [1.54, 1.807) is 13.2 Å². The van der Waals surface area contributed by atoms with Crippen molar-refractivity contribution in [2.24, 2.45) is 5.92 Å². The zero-order valence-corrected chi connectivity index (χ0v) is 10.3. The molecule has 1 unspecified atom stereocenters. The minimum atomic E-state index is -0.0925. The van der Waals surface area contributed by atoms with Gasteiger partial charge in [0.2, 0.25) is 0 Å². The number of methoxy groups -OCH3 is 1. The second-order valence-corrected chi connectivity index (χ2v) is 4.78. The topological polar surface area (TPSA) is 21.3 Å². The van der Waals surface area contributed by atoms with Crippen LogP contribution >= 0.6 is 0 Å². The number of halogens is 1. The van der Waals surface area contributed by atoms with E-state index in [0.29, 0.717) is 12.5 Å². The fourth-order valence-electron chi connectivity index (χ4n) is 2.42. The number of hydrogen-bond donors (Lipinski definition) is 1. The van der Waals surface area contributed by atoms with Crippen molar-refractivity contribution >= 4 is 0 Å². The van der Waals surface area contributed by atoms with Crippen LogP contribution in [0.5, 0.6) is 0 Å². The zero-order valence-electron chi connectivity index (χ0n) is 10.3. The second-order valence-electron chi connectivity index (χ2n) is 4.78. The summed E-state index contributed by atoms with van der Waals surface area (Å²) in [5.74, 6) is 0.483. The third kappa shape index (κ3) is 3.51. The van der Waals surface area contributed by atoms with E-state index >= 15 is 0 Å². The highest BCUT2D eigenvalue weighted by molar-refractivity contribution is 5.24. The number of nitrogens with one attached hydrogen (secondary N) is 1. The highest BCUT2D eigenvalue weighted by Gasteiger charge is 2.15. The van der Waals surface area contributed by atoms with Gasteiger partial charge >= 0.3 is 0 Å². The molecular weight excluding hydrogens is 217 g/mol. The Morgan fingerprint density at radius 3 is 3.00 bits per heavy atom. The van der Waals surface area contributed by atoms with E-state index in [4.69, 9.17) is 4.74 Å². The molecule has 3 heteroatoms. The predicted octanol–water partition coefficient (Wildman–Crippen LogP) is 2.51. The normalized spacial score (nSPS) is 20.5. The SMILES string of the molecule is COCc1ccc(CC2CCCNC2)c(F)c1. The molecule has 1 aromatic carbocycles. The molecule has 17 heavy (non-hydrogen) atoms. The van der Waals surface area contributed by atoms with E-state index < -0.39 is 0 Å². The van der Waals surface area contributed by atoms with Crippen LogP contribution in [0.4, 0.5) is 4.39 Å². The molecule has 1 saturated heterocycles. The molecule has 94 valence electrons. The first kappa shape index (κ1) is 12.5. The minimum absolute atomic E-state index is 0.0925. The van der Waals surface area contributed by atoms with E-state index in [9.17, 15) is 4.39 Å². The number of hydrogen-bond acceptors (Lipinski definition) is 2. The molecule has 0 aromatic heterocycles. The Balaban J connectivity index is 2.00. The summed E-state index contributed by atoms with van der Waals surface area (Å²) in [7, 11) is 1.62. The average Bonchev–Trinajstić information content (AvgIpc) is 2.34. The first-order chi connectivity index (χ1) is 8.29. The summed E-state index contributed by atoms with van der Waals surface area (Å²) in [5, 5.41) is 3.36. The van der Waals surface area contributed by atoms with E-state index in [1.807, 2.05) is 12.1 Å². The lowest BCUT2D eigenvalue weighted by atomic mass is 9.92. The summed E-state index contributed by atoms with van der Waals surface area (Å²) in [4.78, 5) is 0. The molecule has 0 bridgehead atoms. The molecule has 1 fully saturated rings. The van der Waals surface area contributed by atoms with E-state index in [2.05, 4.69) is 5.32 Å². The van der Waals surface area contributed by atoms with E-state index in [-0.39, 0.29) is 5.82 Å². The van der Waals surface area contributed by atoms with Gasteiger partial charge in [-0.15, -0.1) is 0 Å². The van der Waals surface area contributed by atoms with Gasteiger partial charge in [0.15, 0.2) is 0 Å². The number of ether oxygens (including phenoxy) is 1. The summed E-state index contributed by atoms with van der Waals surface area (Å²) in [5.41, 5.74) is 1.73. The molecule has 0 radical (unpaired) electrons. The highest BCUT2D eigenvalue weighted by atomic mass is 19.1. The molecule has 1 heterocycles. The molecule has 2 rings (SSSR count). The molecule has 1 N–H and O–H groups in total. The summed E-state index contributed by atoms with van der Waals surface area (Å²) < 4.78 is 18.8. The molecule has 2 nitrogen and oxygen atoms in total. The van der Waals surface area contributed by atoms with Crippen LogP contribution in [0, 0.1) is 11.7 Å². The Hall–Kier alpha value is -0.930. The molecule has 1 aliphatic heterocycles. The van der Waals surface area contributed by atoms with Crippen LogP contribution in [0.3, 0.4) is 0 Å². The number of piperidine rings is 1. The standard InChI is InChI=1S/C14H20FNO/c1-17-10-12-4-5-13(14(15)8-12)7-11-3-2-6-16-9-11/h4-5,8,11,16H,2-3,6-7,9-10H2,1H3. The van der Waals surface area contributed by atoms with Gasteiger partial charge in [0.05, 0.1) is 6.61 Å². The van der Waals surface area contributed by atoms with Crippen molar-refractivity contribution in [1.82, 2.24) is 5.32 Å². The summed E-state index contributed by atoms with van der Waals surface area (Å²) >= 11 is 0. The van der Waals surface area contributed by atoms with Crippen molar-refractivity contribution in [3.05, 3.63) is 35.1 Å². The number of benzene rings is 1. The van der Waals surface area contributed by atoms with Gasteiger partial charge < -0.3 is 10.1 Å². The first-order valence-electron chi connectivity index (χ1n) is 6.26. The van der Waals surface area contributed by atoms with Gasteiger partial charge in [-0.25, -0.2) is 4.39 Å². The molecule has 1 aromatic rings. The van der Waals surface area contributed by atoms with Gasteiger partial charge in [0, 0.05) is 7.11 Å². The maximum Gasteiger partial charge on any atom is 0.126 e. The van der Waals surface area contributed by atoms with Crippen molar-refractivity contribution in [2.45, 2.75) is 25.9 Å². The fourth-order valence-corrected chi connectivity index (χ4v) is 2.42. The lowest BCUT2D eigenvalue weighted by molar-refractivity contribution is 0.184. The van der Waals surface area contributed by atoms with Gasteiger partial charge in [-0.1, -0.05) is 12.1 Å². The molecule has 0 amide bonds. The molecule has 0 spiro atoms. The average molecular weight is 237 g/mol. The van der Waals surface area contributed by atoms with E-state index in [1.165, 1.54) is 12.8 Å². The fraction of sp³-hybridized carbons (Fsp3) is 0.571. The number of rotatable bonds is 4. The molecule has 0 saturated carbocycles. The van der Waals surface area contributed by atoms with Crippen molar-refractivity contribution in [3.8, 4) is 0 Å². The molecular formula is C14H20FNO. The van der Waals surface area contributed by atoms with Crippen molar-refractivity contribution in [2.75, 3.05) is 20.2 Å². The summed E-state index contributed by atoms with van der Waals surface area (Å²) in [6.45, 7) is 2.59. The van der Waals surface area contributed by atoms with Gasteiger partial charge in [0.25, 0.3) is 0 Å². The third-order valence-electron chi connectivity index (χ3n) is 3.34. The van der Waals surface area contributed by atoms with Crippen molar-refractivity contribution in [3.63, 3.8) is 0 Å². The Morgan fingerprint density at radius 2 is 2.35 bits per heavy atom. The Morgan fingerprint density at radius 1 is 1.47 bits per heavy atom.